The third kappa shape index (κ3) is 7.03. The molecule has 230 valence electrons. The summed E-state index contributed by atoms with van der Waals surface area (Å²) in [6, 6.07) is 7.12. The van der Waals surface area contributed by atoms with Crippen LogP contribution >= 0.6 is 0 Å². The molecule has 0 aliphatic carbocycles. The molecule has 0 N–H and O–H groups in total. The third-order valence-electron chi connectivity index (χ3n) is 6.16. The molecule has 2 aromatic rings. The summed E-state index contributed by atoms with van der Waals surface area (Å²) in [6.07, 6.45) is -5.38. The summed E-state index contributed by atoms with van der Waals surface area (Å²) < 4.78 is 31.6. The maximum absolute atomic E-state index is 13.8. The van der Waals surface area contributed by atoms with Gasteiger partial charge in [0.2, 0.25) is 0 Å². The van der Waals surface area contributed by atoms with Crippen LogP contribution in [0.1, 0.15) is 48.8 Å². The van der Waals surface area contributed by atoms with Crippen LogP contribution < -0.4 is 11.2 Å². The Balaban J connectivity index is 2.36. The summed E-state index contributed by atoms with van der Waals surface area (Å²) in [6.45, 7) is 2.62. The topological polar surface area (TPSA) is 202 Å². The molecule has 0 radical (unpaired) electrons. The average molecular weight is 605 g/mol. The van der Waals surface area contributed by atoms with Crippen molar-refractivity contribution in [2.75, 3.05) is 20.8 Å². The standard InChI is InChI=1S/C27H28N2O14/c1-13(30)40-12-18-20(41-14(2)31)21(42-15(3)32)24(43-18)28-11-17(19(25(35)38-4)26(36)39-5)23(34)29(27(28)37)22(33)16-9-7-6-8-10-16/h6-11,18-21,24H,12H2,1-5H3/t18-,20?,21+,24-/m1/s1. The fourth-order valence-corrected chi connectivity index (χ4v) is 4.36. The monoisotopic (exact) mass is 604 g/mol. The van der Waals surface area contributed by atoms with Crippen molar-refractivity contribution in [3.63, 3.8) is 0 Å². The van der Waals surface area contributed by atoms with E-state index in [1.807, 2.05) is 0 Å². The molecule has 16 nitrogen and oxygen atoms in total. The van der Waals surface area contributed by atoms with Crippen LogP contribution in [0.15, 0.2) is 46.1 Å². The lowest BCUT2D eigenvalue weighted by atomic mass is 10.0. The van der Waals surface area contributed by atoms with Crippen LogP contribution in [-0.2, 0) is 52.4 Å². The average Bonchev–Trinajstić information content (AvgIpc) is 3.28. The van der Waals surface area contributed by atoms with Crippen molar-refractivity contribution in [1.29, 1.82) is 0 Å². The highest BCUT2D eigenvalue weighted by molar-refractivity contribution is 6.01. The van der Waals surface area contributed by atoms with Gasteiger partial charge in [0.1, 0.15) is 12.7 Å². The second-order valence-electron chi connectivity index (χ2n) is 9.08. The molecule has 1 unspecified atom stereocenters. The van der Waals surface area contributed by atoms with E-state index in [1.54, 1.807) is 6.07 Å². The number of rotatable bonds is 9. The first-order valence-electron chi connectivity index (χ1n) is 12.6. The van der Waals surface area contributed by atoms with E-state index >= 15 is 0 Å². The number of hydrogen-bond donors (Lipinski definition) is 0. The Morgan fingerprint density at radius 3 is 1.91 bits per heavy atom. The first kappa shape index (κ1) is 32.4. The molecule has 16 heteroatoms. The van der Waals surface area contributed by atoms with E-state index in [4.69, 9.17) is 18.9 Å². The van der Waals surface area contributed by atoms with Gasteiger partial charge in [0.05, 0.1) is 19.8 Å². The minimum atomic E-state index is -2.07. The smallest absolute Gasteiger partial charge is 0.340 e. The van der Waals surface area contributed by atoms with Crippen LogP contribution in [0.5, 0.6) is 0 Å². The van der Waals surface area contributed by atoms with E-state index in [0.717, 1.165) is 41.2 Å². The Morgan fingerprint density at radius 2 is 1.40 bits per heavy atom. The van der Waals surface area contributed by atoms with E-state index in [1.165, 1.54) is 24.3 Å². The molecule has 43 heavy (non-hydrogen) atoms. The van der Waals surface area contributed by atoms with Crippen molar-refractivity contribution < 1.29 is 57.2 Å². The zero-order valence-electron chi connectivity index (χ0n) is 23.7. The molecule has 0 spiro atoms. The molecule has 1 aromatic carbocycles. The number of ether oxygens (including phenoxy) is 6. The fraction of sp³-hybridized carbons (Fsp3) is 0.407. The third-order valence-corrected chi connectivity index (χ3v) is 6.16. The first-order valence-corrected chi connectivity index (χ1v) is 12.6. The van der Waals surface area contributed by atoms with Crippen LogP contribution in [0.3, 0.4) is 0 Å². The lowest BCUT2D eigenvalue weighted by Crippen LogP contribution is -2.49. The van der Waals surface area contributed by atoms with Gasteiger partial charge < -0.3 is 28.4 Å². The molecule has 1 aliphatic heterocycles. The lowest BCUT2D eigenvalue weighted by Gasteiger charge is -2.25. The van der Waals surface area contributed by atoms with Gasteiger partial charge in [0.25, 0.3) is 11.5 Å². The van der Waals surface area contributed by atoms with Crippen molar-refractivity contribution in [1.82, 2.24) is 9.13 Å². The van der Waals surface area contributed by atoms with Crippen LogP contribution in [0.25, 0.3) is 0 Å². The van der Waals surface area contributed by atoms with Crippen LogP contribution in [0.4, 0.5) is 0 Å². The van der Waals surface area contributed by atoms with Crippen molar-refractivity contribution in [3.8, 4) is 0 Å². The number of carbonyl (C=O) groups is 6. The summed E-state index contributed by atoms with van der Waals surface area (Å²) in [4.78, 5) is 102. The number of nitrogens with zero attached hydrogens (tertiary/aromatic N) is 2. The number of benzene rings is 1. The van der Waals surface area contributed by atoms with Crippen molar-refractivity contribution in [2.24, 2.45) is 0 Å². The van der Waals surface area contributed by atoms with E-state index < -0.39 is 89.6 Å². The summed E-state index contributed by atoms with van der Waals surface area (Å²) in [5.41, 5.74) is -3.55. The van der Waals surface area contributed by atoms with Gasteiger partial charge in [-0.1, -0.05) is 18.2 Å². The number of carbonyl (C=O) groups excluding carboxylic acids is 6. The fourth-order valence-electron chi connectivity index (χ4n) is 4.36. The predicted molar refractivity (Wildman–Crippen MR) is 140 cm³/mol. The van der Waals surface area contributed by atoms with Crippen LogP contribution in [0, 0.1) is 0 Å². The number of methoxy groups -OCH3 is 2. The maximum Gasteiger partial charge on any atom is 0.340 e. The summed E-state index contributed by atoms with van der Waals surface area (Å²) in [5.74, 6) is -8.24. The van der Waals surface area contributed by atoms with E-state index in [0.29, 0.717) is 4.57 Å². The van der Waals surface area contributed by atoms with Gasteiger partial charge in [-0.3, -0.25) is 38.1 Å². The molecule has 2 heterocycles. The van der Waals surface area contributed by atoms with Gasteiger partial charge in [-0.25, -0.2) is 4.79 Å². The van der Waals surface area contributed by atoms with Crippen molar-refractivity contribution in [2.45, 2.75) is 51.2 Å². The number of esters is 5. The molecule has 0 saturated carbocycles. The van der Waals surface area contributed by atoms with Gasteiger partial charge in [0, 0.05) is 32.5 Å². The van der Waals surface area contributed by atoms with E-state index in [2.05, 4.69) is 9.47 Å². The van der Waals surface area contributed by atoms with E-state index in [-0.39, 0.29) is 10.1 Å². The molecular formula is C27H28N2O14. The van der Waals surface area contributed by atoms with Crippen molar-refractivity contribution >= 4 is 35.8 Å². The first-order chi connectivity index (χ1) is 20.3. The normalized spacial score (nSPS) is 19.3. The Hall–Kier alpha value is -5.12. The van der Waals surface area contributed by atoms with E-state index in [9.17, 15) is 38.4 Å². The molecule has 1 fully saturated rings. The second kappa shape index (κ2) is 13.7. The SMILES string of the molecule is COC(=O)C(C(=O)OC)c1cn([C@@H]2O[C@H](COC(C)=O)C(OC(C)=O)[C@@H]2OC(C)=O)c(=O)n(C(=O)c2ccccc2)c1=O. The minimum absolute atomic E-state index is 0.118. The maximum atomic E-state index is 13.8. The molecule has 4 atom stereocenters. The zero-order chi connectivity index (χ0) is 32.0. The quantitative estimate of drug-likeness (QED) is 0.200. The molecule has 0 amide bonds. The minimum Gasteiger partial charge on any atom is -0.468 e. The van der Waals surface area contributed by atoms with Crippen LogP contribution in [0.2, 0.25) is 0 Å². The van der Waals surface area contributed by atoms with Crippen LogP contribution in [-0.4, -0.2) is 84.0 Å². The Morgan fingerprint density at radius 1 is 0.837 bits per heavy atom. The number of hydrogen-bond acceptors (Lipinski definition) is 14. The molecule has 1 aliphatic rings. The van der Waals surface area contributed by atoms with Gasteiger partial charge in [-0.2, -0.15) is 4.57 Å². The summed E-state index contributed by atoms with van der Waals surface area (Å²) in [5, 5.41) is 0. The highest BCUT2D eigenvalue weighted by Gasteiger charge is 2.51. The molecule has 1 aromatic heterocycles. The predicted octanol–water partition coefficient (Wildman–Crippen LogP) is -0.548. The number of aromatic nitrogens is 2. The van der Waals surface area contributed by atoms with Crippen molar-refractivity contribution in [3.05, 3.63) is 68.5 Å². The molecule has 3 rings (SSSR count). The Bertz CT molecular complexity index is 1530. The van der Waals surface area contributed by atoms with Gasteiger partial charge in [-0.15, -0.1) is 0 Å². The highest BCUT2D eigenvalue weighted by atomic mass is 16.7. The Kier molecular flexibility index (Phi) is 10.3. The zero-order valence-corrected chi connectivity index (χ0v) is 23.7. The largest absolute Gasteiger partial charge is 0.468 e. The summed E-state index contributed by atoms with van der Waals surface area (Å²) in [7, 11) is 1.87. The van der Waals surface area contributed by atoms with Gasteiger partial charge in [0.15, 0.2) is 24.4 Å². The molecule has 1 saturated heterocycles. The Labute approximate surface area is 243 Å². The lowest BCUT2D eigenvalue weighted by molar-refractivity contribution is -0.166. The van der Waals surface area contributed by atoms with Gasteiger partial charge >= 0.3 is 35.5 Å². The highest BCUT2D eigenvalue weighted by Crippen LogP contribution is 2.34. The second-order valence-corrected chi connectivity index (χ2v) is 9.08. The molecular weight excluding hydrogens is 576 g/mol. The summed E-state index contributed by atoms with van der Waals surface area (Å²) >= 11 is 0. The van der Waals surface area contributed by atoms with Gasteiger partial charge in [-0.05, 0) is 12.1 Å². The molecule has 0 bridgehead atoms.